The van der Waals surface area contributed by atoms with E-state index in [0.29, 0.717) is 6.54 Å². The molecule has 1 aromatic carbocycles. The van der Waals surface area contributed by atoms with Crippen molar-refractivity contribution < 1.29 is 9.47 Å². The Bertz CT molecular complexity index is 455. The predicted octanol–water partition coefficient (Wildman–Crippen LogP) is 3.38. The van der Waals surface area contributed by atoms with Gasteiger partial charge in [0.2, 0.25) is 0 Å². The monoisotopic (exact) mass is 311 g/mol. The van der Waals surface area contributed by atoms with Gasteiger partial charge in [0.05, 0.1) is 0 Å². The SMILES string of the molecule is NCCCc1cc2c(cc1Br)OC1(CCCC1)O2. The number of rotatable bonds is 3. The van der Waals surface area contributed by atoms with Gasteiger partial charge in [-0.25, -0.2) is 0 Å². The highest BCUT2D eigenvalue weighted by Crippen LogP contribution is 2.48. The normalized spacial score (nSPS) is 19.7. The van der Waals surface area contributed by atoms with Crippen molar-refractivity contribution in [2.24, 2.45) is 5.73 Å². The average molecular weight is 312 g/mol. The number of ether oxygens (including phenoxy) is 2. The molecular formula is C14H18BrNO2. The van der Waals surface area contributed by atoms with Crippen LogP contribution in [0, 0.1) is 0 Å². The molecule has 0 radical (unpaired) electrons. The second-order valence-electron chi connectivity index (χ2n) is 5.10. The highest BCUT2D eigenvalue weighted by molar-refractivity contribution is 9.10. The molecule has 1 saturated carbocycles. The van der Waals surface area contributed by atoms with Gasteiger partial charge < -0.3 is 15.2 Å². The molecule has 1 spiro atoms. The molecule has 1 heterocycles. The van der Waals surface area contributed by atoms with Gasteiger partial charge in [-0.2, -0.15) is 0 Å². The summed E-state index contributed by atoms with van der Waals surface area (Å²) in [7, 11) is 0. The van der Waals surface area contributed by atoms with Gasteiger partial charge in [-0.1, -0.05) is 15.9 Å². The maximum Gasteiger partial charge on any atom is 0.251 e. The molecule has 18 heavy (non-hydrogen) atoms. The molecule has 1 aliphatic heterocycles. The van der Waals surface area contributed by atoms with Crippen molar-refractivity contribution >= 4 is 15.9 Å². The Morgan fingerprint density at radius 1 is 1.17 bits per heavy atom. The molecule has 98 valence electrons. The summed E-state index contributed by atoms with van der Waals surface area (Å²) in [6, 6.07) is 4.14. The predicted molar refractivity (Wildman–Crippen MR) is 74.0 cm³/mol. The second kappa shape index (κ2) is 4.74. The molecule has 1 aliphatic carbocycles. The van der Waals surface area contributed by atoms with Gasteiger partial charge >= 0.3 is 0 Å². The largest absolute Gasteiger partial charge is 0.448 e. The Balaban J connectivity index is 1.85. The van der Waals surface area contributed by atoms with Crippen molar-refractivity contribution in [3.8, 4) is 11.5 Å². The van der Waals surface area contributed by atoms with E-state index in [1.807, 2.05) is 6.07 Å². The van der Waals surface area contributed by atoms with Crippen molar-refractivity contribution in [3.63, 3.8) is 0 Å². The molecule has 4 heteroatoms. The van der Waals surface area contributed by atoms with E-state index in [4.69, 9.17) is 15.2 Å². The molecule has 3 rings (SSSR count). The summed E-state index contributed by atoms with van der Waals surface area (Å²) in [5.74, 6) is 1.40. The maximum absolute atomic E-state index is 6.06. The lowest BCUT2D eigenvalue weighted by atomic mass is 10.1. The fraction of sp³-hybridized carbons (Fsp3) is 0.571. The molecular weight excluding hydrogens is 294 g/mol. The summed E-state index contributed by atoms with van der Waals surface area (Å²) in [4.78, 5) is 0. The number of hydrogen-bond acceptors (Lipinski definition) is 3. The Kier molecular flexibility index (Phi) is 3.24. The van der Waals surface area contributed by atoms with E-state index in [9.17, 15) is 0 Å². The minimum atomic E-state index is -0.367. The van der Waals surface area contributed by atoms with Crippen LogP contribution in [-0.4, -0.2) is 12.3 Å². The first-order chi connectivity index (χ1) is 8.72. The van der Waals surface area contributed by atoms with Crippen LogP contribution in [-0.2, 0) is 6.42 Å². The van der Waals surface area contributed by atoms with E-state index in [1.54, 1.807) is 0 Å². The van der Waals surface area contributed by atoms with E-state index in [2.05, 4.69) is 22.0 Å². The smallest absolute Gasteiger partial charge is 0.251 e. The molecule has 0 amide bonds. The third-order valence-corrected chi connectivity index (χ3v) is 4.46. The lowest BCUT2D eigenvalue weighted by Gasteiger charge is -2.21. The third-order valence-electron chi connectivity index (χ3n) is 3.72. The average Bonchev–Trinajstić information content (AvgIpc) is 2.93. The molecule has 0 saturated heterocycles. The van der Waals surface area contributed by atoms with Crippen LogP contribution < -0.4 is 15.2 Å². The van der Waals surface area contributed by atoms with Gasteiger partial charge in [-0.05, 0) is 49.9 Å². The maximum atomic E-state index is 6.06. The van der Waals surface area contributed by atoms with Crippen molar-refractivity contribution in [2.45, 2.75) is 44.3 Å². The zero-order valence-electron chi connectivity index (χ0n) is 10.4. The van der Waals surface area contributed by atoms with Crippen LogP contribution in [0.25, 0.3) is 0 Å². The summed E-state index contributed by atoms with van der Waals surface area (Å²) in [6.07, 6.45) is 6.34. The van der Waals surface area contributed by atoms with Gasteiger partial charge in [0, 0.05) is 17.3 Å². The fourth-order valence-corrected chi connectivity index (χ4v) is 3.28. The molecule has 3 nitrogen and oxygen atoms in total. The number of benzene rings is 1. The Hall–Kier alpha value is -0.740. The molecule has 2 aliphatic rings. The van der Waals surface area contributed by atoms with E-state index >= 15 is 0 Å². The molecule has 0 aromatic heterocycles. The number of halogens is 1. The minimum Gasteiger partial charge on any atom is -0.448 e. The molecule has 0 bridgehead atoms. The van der Waals surface area contributed by atoms with Gasteiger partial charge in [-0.3, -0.25) is 0 Å². The van der Waals surface area contributed by atoms with E-state index in [1.165, 1.54) is 18.4 Å². The second-order valence-corrected chi connectivity index (χ2v) is 5.96. The van der Waals surface area contributed by atoms with Crippen LogP contribution >= 0.6 is 15.9 Å². The Labute approximate surface area is 116 Å². The first kappa shape index (κ1) is 12.3. The summed E-state index contributed by atoms with van der Waals surface area (Å²) >= 11 is 3.60. The summed E-state index contributed by atoms with van der Waals surface area (Å²) in [5.41, 5.74) is 6.81. The van der Waals surface area contributed by atoms with Crippen LogP contribution in [0.5, 0.6) is 11.5 Å². The first-order valence-electron chi connectivity index (χ1n) is 6.63. The highest BCUT2D eigenvalue weighted by atomic mass is 79.9. The molecule has 0 unspecified atom stereocenters. The van der Waals surface area contributed by atoms with Gasteiger partial charge in [0.1, 0.15) is 0 Å². The first-order valence-corrected chi connectivity index (χ1v) is 7.42. The standard InChI is InChI=1S/C14H18BrNO2/c15-11-9-13-12(8-10(11)4-3-7-16)17-14(18-13)5-1-2-6-14/h8-9H,1-7,16H2. The molecule has 0 atom stereocenters. The topological polar surface area (TPSA) is 44.5 Å². The van der Waals surface area contributed by atoms with Crippen molar-refractivity contribution in [3.05, 3.63) is 22.2 Å². The lowest BCUT2D eigenvalue weighted by molar-refractivity contribution is -0.0716. The summed E-state index contributed by atoms with van der Waals surface area (Å²) in [6.45, 7) is 0.713. The lowest BCUT2D eigenvalue weighted by Crippen LogP contribution is -2.34. The van der Waals surface area contributed by atoms with Crippen LogP contribution in [0.15, 0.2) is 16.6 Å². The quantitative estimate of drug-likeness (QED) is 0.930. The molecule has 2 N–H and O–H groups in total. The summed E-state index contributed by atoms with van der Waals surface area (Å²) < 4.78 is 13.2. The van der Waals surface area contributed by atoms with Gasteiger partial charge in [-0.15, -0.1) is 0 Å². The Morgan fingerprint density at radius 3 is 2.50 bits per heavy atom. The van der Waals surface area contributed by atoms with Crippen molar-refractivity contribution in [2.75, 3.05) is 6.54 Å². The summed E-state index contributed by atoms with van der Waals surface area (Å²) in [5, 5.41) is 0. The third kappa shape index (κ3) is 2.12. The van der Waals surface area contributed by atoms with Gasteiger partial charge in [0.25, 0.3) is 5.79 Å². The Morgan fingerprint density at radius 2 is 1.83 bits per heavy atom. The van der Waals surface area contributed by atoms with Gasteiger partial charge in [0.15, 0.2) is 11.5 Å². The van der Waals surface area contributed by atoms with E-state index in [0.717, 1.165) is 41.7 Å². The van der Waals surface area contributed by atoms with Crippen LogP contribution in [0.2, 0.25) is 0 Å². The zero-order valence-corrected chi connectivity index (χ0v) is 12.0. The number of fused-ring (bicyclic) bond motifs is 1. The molecule has 1 fully saturated rings. The zero-order chi connectivity index (χ0) is 12.6. The fourth-order valence-electron chi connectivity index (χ4n) is 2.76. The number of hydrogen-bond donors (Lipinski definition) is 1. The number of nitrogens with two attached hydrogens (primary N) is 1. The van der Waals surface area contributed by atoms with Crippen molar-refractivity contribution in [1.82, 2.24) is 0 Å². The number of aryl methyl sites for hydroxylation is 1. The van der Waals surface area contributed by atoms with Crippen LogP contribution in [0.3, 0.4) is 0 Å². The molecule has 1 aromatic rings. The highest BCUT2D eigenvalue weighted by Gasteiger charge is 2.44. The van der Waals surface area contributed by atoms with Crippen LogP contribution in [0.4, 0.5) is 0 Å². The van der Waals surface area contributed by atoms with E-state index < -0.39 is 0 Å². The van der Waals surface area contributed by atoms with Crippen molar-refractivity contribution in [1.29, 1.82) is 0 Å². The van der Waals surface area contributed by atoms with Crippen LogP contribution in [0.1, 0.15) is 37.7 Å². The minimum absolute atomic E-state index is 0.367. The van der Waals surface area contributed by atoms with E-state index in [-0.39, 0.29) is 5.79 Å².